The average molecular weight is 404 g/mol. The van der Waals surface area contributed by atoms with Gasteiger partial charge in [0, 0.05) is 31.9 Å². The predicted octanol–water partition coefficient (Wildman–Crippen LogP) is 2.19. The molecule has 8 heteroatoms. The minimum atomic E-state index is -3.67. The van der Waals surface area contributed by atoms with Crippen molar-refractivity contribution in [2.24, 2.45) is 0 Å². The lowest BCUT2D eigenvalue weighted by Gasteiger charge is -2.31. The Morgan fingerprint density at radius 2 is 1.68 bits per heavy atom. The van der Waals surface area contributed by atoms with Gasteiger partial charge in [-0.25, -0.2) is 8.42 Å². The number of likely N-dealkylation sites (N-methyl/N-ethyl adjacent to an activating group) is 1. The van der Waals surface area contributed by atoms with E-state index in [1.165, 1.54) is 29.6 Å². The van der Waals surface area contributed by atoms with Crippen molar-refractivity contribution in [1.82, 2.24) is 9.21 Å². The molecular formula is C20H25N3O4S. The van der Waals surface area contributed by atoms with Crippen molar-refractivity contribution in [2.75, 3.05) is 45.7 Å². The van der Waals surface area contributed by atoms with Crippen LogP contribution in [0.25, 0.3) is 0 Å². The third-order valence-electron chi connectivity index (χ3n) is 4.83. The Balaban J connectivity index is 1.89. The minimum Gasteiger partial charge on any atom is -0.496 e. The van der Waals surface area contributed by atoms with Crippen LogP contribution in [0.15, 0.2) is 47.4 Å². The topological polar surface area (TPSA) is 79.0 Å². The molecule has 0 radical (unpaired) electrons. The van der Waals surface area contributed by atoms with Crippen LogP contribution in [0.5, 0.6) is 5.75 Å². The average Bonchev–Trinajstić information content (AvgIpc) is 2.69. The van der Waals surface area contributed by atoms with E-state index in [0.717, 1.165) is 5.56 Å². The number of benzene rings is 2. The molecule has 7 nitrogen and oxygen atoms in total. The Morgan fingerprint density at radius 1 is 1.04 bits per heavy atom. The highest BCUT2D eigenvalue weighted by molar-refractivity contribution is 7.89. The number of nitrogens with zero attached hydrogens (tertiary/aromatic N) is 2. The molecule has 0 aliphatic carbocycles. The lowest BCUT2D eigenvalue weighted by Crippen LogP contribution is -2.47. The predicted molar refractivity (Wildman–Crippen MR) is 108 cm³/mol. The Labute approximate surface area is 166 Å². The zero-order valence-electron chi connectivity index (χ0n) is 16.3. The molecule has 1 aliphatic rings. The van der Waals surface area contributed by atoms with Crippen molar-refractivity contribution in [3.63, 3.8) is 0 Å². The van der Waals surface area contributed by atoms with Crippen LogP contribution >= 0.6 is 0 Å². The summed E-state index contributed by atoms with van der Waals surface area (Å²) in [7, 11) is -0.260. The molecule has 1 saturated heterocycles. The number of rotatable bonds is 5. The van der Waals surface area contributed by atoms with E-state index < -0.39 is 15.9 Å². The van der Waals surface area contributed by atoms with Gasteiger partial charge in [0.25, 0.3) is 5.91 Å². The number of hydrogen-bond donors (Lipinski definition) is 1. The fourth-order valence-electron chi connectivity index (χ4n) is 3.04. The number of hydrogen-bond acceptors (Lipinski definition) is 5. The third-order valence-corrected chi connectivity index (χ3v) is 6.72. The van der Waals surface area contributed by atoms with Crippen LogP contribution in [-0.2, 0) is 10.0 Å². The summed E-state index contributed by atoms with van der Waals surface area (Å²) in [5.41, 5.74) is 1.89. The third kappa shape index (κ3) is 4.35. The van der Waals surface area contributed by atoms with Gasteiger partial charge in [-0.1, -0.05) is 17.7 Å². The number of carbonyl (C=O) groups excluding carboxylic acids is 1. The molecule has 0 saturated carbocycles. The molecular weight excluding hydrogens is 378 g/mol. The van der Waals surface area contributed by atoms with Crippen LogP contribution in [-0.4, -0.2) is 63.9 Å². The molecule has 150 valence electrons. The first-order valence-electron chi connectivity index (χ1n) is 9.06. The van der Waals surface area contributed by atoms with E-state index in [1.807, 2.05) is 26.1 Å². The lowest BCUT2D eigenvalue weighted by molar-refractivity contribution is 0.102. The fraction of sp³-hybridized carbons (Fsp3) is 0.350. The maximum absolute atomic E-state index is 13.0. The number of amides is 1. The highest BCUT2D eigenvalue weighted by Gasteiger charge is 2.29. The second-order valence-corrected chi connectivity index (χ2v) is 8.83. The van der Waals surface area contributed by atoms with Crippen LogP contribution in [0.3, 0.4) is 0 Å². The molecule has 1 amide bonds. The van der Waals surface area contributed by atoms with Crippen LogP contribution in [0.1, 0.15) is 15.9 Å². The van der Waals surface area contributed by atoms with Gasteiger partial charge in [0.2, 0.25) is 10.0 Å². The quantitative estimate of drug-likeness (QED) is 0.828. The van der Waals surface area contributed by atoms with Crippen molar-refractivity contribution < 1.29 is 17.9 Å². The van der Waals surface area contributed by atoms with Gasteiger partial charge in [-0.15, -0.1) is 0 Å². The highest BCUT2D eigenvalue weighted by Crippen LogP contribution is 2.26. The van der Waals surface area contributed by atoms with Gasteiger partial charge < -0.3 is 15.0 Å². The summed E-state index contributed by atoms with van der Waals surface area (Å²) < 4.78 is 32.7. The minimum absolute atomic E-state index is 0.0897. The Kier molecular flexibility index (Phi) is 6.02. The molecule has 1 aliphatic heterocycles. The van der Waals surface area contributed by atoms with Gasteiger partial charge in [0.05, 0.1) is 17.6 Å². The molecule has 2 aromatic rings. The maximum Gasteiger partial charge on any atom is 0.259 e. The number of carbonyl (C=O) groups is 1. The molecule has 1 heterocycles. The SMILES string of the molecule is COc1ccc(S(=O)(=O)N2CCN(C)CC2)cc1C(=O)Nc1ccc(C)cc1. The van der Waals surface area contributed by atoms with E-state index >= 15 is 0 Å². The number of piperazine rings is 1. The van der Waals surface area contributed by atoms with Gasteiger partial charge in [-0.2, -0.15) is 4.31 Å². The van der Waals surface area contributed by atoms with Gasteiger partial charge in [-0.3, -0.25) is 4.79 Å². The highest BCUT2D eigenvalue weighted by atomic mass is 32.2. The molecule has 0 unspecified atom stereocenters. The number of sulfonamides is 1. The normalized spacial score (nSPS) is 16.0. The zero-order chi connectivity index (χ0) is 20.3. The van der Waals surface area contributed by atoms with Crippen molar-refractivity contribution >= 4 is 21.6 Å². The molecule has 1 N–H and O–H groups in total. The van der Waals surface area contributed by atoms with E-state index in [1.54, 1.807) is 12.1 Å². The summed E-state index contributed by atoms with van der Waals surface area (Å²) in [6, 6.07) is 11.8. The number of methoxy groups -OCH3 is 1. The summed E-state index contributed by atoms with van der Waals surface area (Å²) in [4.78, 5) is 14.9. The Hall–Kier alpha value is -2.42. The van der Waals surface area contributed by atoms with E-state index in [2.05, 4.69) is 10.2 Å². The number of nitrogens with one attached hydrogen (secondary N) is 1. The van der Waals surface area contributed by atoms with Crippen molar-refractivity contribution in [2.45, 2.75) is 11.8 Å². The molecule has 28 heavy (non-hydrogen) atoms. The molecule has 2 aromatic carbocycles. The summed E-state index contributed by atoms with van der Waals surface area (Å²) >= 11 is 0. The van der Waals surface area contributed by atoms with Gasteiger partial charge >= 0.3 is 0 Å². The molecule has 1 fully saturated rings. The van der Waals surface area contributed by atoms with Gasteiger partial charge in [0.15, 0.2) is 0 Å². The van der Waals surface area contributed by atoms with Crippen LogP contribution < -0.4 is 10.1 Å². The monoisotopic (exact) mass is 403 g/mol. The van der Waals surface area contributed by atoms with Crippen LogP contribution in [0.4, 0.5) is 5.69 Å². The second-order valence-electron chi connectivity index (χ2n) is 6.89. The first kappa shape index (κ1) is 20.3. The van der Waals surface area contributed by atoms with Crippen LogP contribution in [0, 0.1) is 6.92 Å². The zero-order valence-corrected chi connectivity index (χ0v) is 17.1. The number of ether oxygens (including phenoxy) is 1. The molecule has 3 rings (SSSR count). The molecule has 0 spiro atoms. The standard InChI is InChI=1S/C20H25N3O4S/c1-15-4-6-16(7-5-15)21-20(24)18-14-17(8-9-19(18)27-3)28(25,26)23-12-10-22(2)11-13-23/h4-9,14H,10-13H2,1-3H3,(H,21,24). The van der Waals surface area contributed by atoms with Crippen molar-refractivity contribution in [1.29, 1.82) is 0 Å². The van der Waals surface area contributed by atoms with Gasteiger partial charge in [-0.05, 0) is 44.3 Å². The second kappa shape index (κ2) is 8.30. The van der Waals surface area contributed by atoms with Crippen LogP contribution in [0.2, 0.25) is 0 Å². The van der Waals surface area contributed by atoms with E-state index in [4.69, 9.17) is 4.74 Å². The largest absolute Gasteiger partial charge is 0.496 e. The van der Waals surface area contributed by atoms with E-state index in [0.29, 0.717) is 37.6 Å². The molecule has 0 atom stereocenters. The summed E-state index contributed by atoms with van der Waals surface area (Å²) in [6.45, 7) is 4.17. The molecule has 0 bridgehead atoms. The summed E-state index contributed by atoms with van der Waals surface area (Å²) in [5.74, 6) is -0.0990. The van der Waals surface area contributed by atoms with E-state index in [-0.39, 0.29) is 10.5 Å². The number of anilines is 1. The summed E-state index contributed by atoms with van der Waals surface area (Å²) in [6.07, 6.45) is 0. The Morgan fingerprint density at radius 3 is 2.29 bits per heavy atom. The first-order valence-corrected chi connectivity index (χ1v) is 10.5. The number of aryl methyl sites for hydroxylation is 1. The smallest absolute Gasteiger partial charge is 0.259 e. The van der Waals surface area contributed by atoms with E-state index in [9.17, 15) is 13.2 Å². The van der Waals surface area contributed by atoms with Gasteiger partial charge in [0.1, 0.15) is 5.75 Å². The lowest BCUT2D eigenvalue weighted by atomic mass is 10.1. The summed E-state index contributed by atoms with van der Waals surface area (Å²) in [5, 5.41) is 2.79. The maximum atomic E-state index is 13.0. The molecule has 0 aromatic heterocycles. The van der Waals surface area contributed by atoms with Crippen molar-refractivity contribution in [3.05, 3.63) is 53.6 Å². The first-order chi connectivity index (χ1) is 13.3. The Bertz CT molecular complexity index is 950. The fourth-order valence-corrected chi connectivity index (χ4v) is 4.49. The van der Waals surface area contributed by atoms with Crippen molar-refractivity contribution in [3.8, 4) is 5.75 Å².